The van der Waals surface area contributed by atoms with Crippen molar-refractivity contribution >= 4 is 5.91 Å². The number of amides is 1. The number of hydrogen-bond acceptors (Lipinski definition) is 3. The molecule has 116 valence electrons. The van der Waals surface area contributed by atoms with Crippen LogP contribution in [0.15, 0.2) is 24.3 Å². The lowest BCUT2D eigenvalue weighted by Crippen LogP contribution is -2.46. The lowest BCUT2D eigenvalue weighted by Gasteiger charge is -2.34. The van der Waals surface area contributed by atoms with Crippen molar-refractivity contribution in [2.75, 3.05) is 19.6 Å². The van der Waals surface area contributed by atoms with Gasteiger partial charge in [-0.15, -0.1) is 0 Å². The van der Waals surface area contributed by atoms with Crippen LogP contribution in [0.5, 0.6) is 0 Å². The molecule has 0 saturated carbocycles. The molecule has 1 aliphatic heterocycles. The fourth-order valence-corrected chi connectivity index (χ4v) is 2.82. The summed E-state index contributed by atoms with van der Waals surface area (Å²) in [5.74, 6) is 0.0392. The molecule has 0 bridgehead atoms. The van der Waals surface area contributed by atoms with E-state index in [1.165, 1.54) is 5.56 Å². The maximum atomic E-state index is 12.2. The zero-order chi connectivity index (χ0) is 15.2. The molecule has 1 fully saturated rings. The molecule has 21 heavy (non-hydrogen) atoms. The number of nitrogens with two attached hydrogens (primary N) is 1. The van der Waals surface area contributed by atoms with Crippen molar-refractivity contribution in [2.24, 2.45) is 5.73 Å². The lowest BCUT2D eigenvalue weighted by molar-refractivity contribution is 0.0900. The molecule has 2 rings (SSSR count). The minimum Gasteiger partial charge on any atom is -0.349 e. The van der Waals surface area contributed by atoms with E-state index in [0.29, 0.717) is 18.6 Å². The Bertz CT molecular complexity index is 448. The minimum absolute atomic E-state index is 0.0392. The number of rotatable bonds is 5. The second kappa shape index (κ2) is 7.57. The fourth-order valence-electron chi connectivity index (χ4n) is 2.82. The van der Waals surface area contributed by atoms with E-state index < -0.39 is 0 Å². The standard InChI is InChI=1S/C17H27N3O/c1-13(2)20-11-8-16(9-12-20)19-17(21)15-5-3-14(4-6-15)7-10-18/h3-6,13,16H,7-12,18H2,1-2H3,(H,19,21). The van der Waals surface area contributed by atoms with Gasteiger partial charge in [0.15, 0.2) is 0 Å². The third-order valence-corrected chi connectivity index (χ3v) is 4.24. The van der Waals surface area contributed by atoms with Crippen LogP contribution in [0.1, 0.15) is 42.6 Å². The third kappa shape index (κ3) is 4.55. The van der Waals surface area contributed by atoms with Crippen LogP contribution in [-0.2, 0) is 6.42 Å². The molecule has 0 aromatic heterocycles. The highest BCUT2D eigenvalue weighted by atomic mass is 16.1. The van der Waals surface area contributed by atoms with Gasteiger partial charge in [0.2, 0.25) is 0 Å². The van der Waals surface area contributed by atoms with E-state index in [2.05, 4.69) is 24.1 Å². The zero-order valence-corrected chi connectivity index (χ0v) is 13.1. The molecule has 1 aromatic carbocycles. The molecule has 1 amide bonds. The second-order valence-electron chi connectivity index (χ2n) is 6.11. The molecule has 1 saturated heterocycles. The molecule has 4 nitrogen and oxygen atoms in total. The predicted molar refractivity (Wildman–Crippen MR) is 86.4 cm³/mol. The Kier molecular flexibility index (Phi) is 5.76. The van der Waals surface area contributed by atoms with Gasteiger partial charge in [-0.1, -0.05) is 12.1 Å². The summed E-state index contributed by atoms with van der Waals surface area (Å²) in [5.41, 5.74) is 7.45. The second-order valence-corrected chi connectivity index (χ2v) is 6.11. The largest absolute Gasteiger partial charge is 0.349 e. The van der Waals surface area contributed by atoms with Crippen LogP contribution in [0.25, 0.3) is 0 Å². The Morgan fingerprint density at radius 2 is 1.90 bits per heavy atom. The van der Waals surface area contributed by atoms with Crippen molar-refractivity contribution in [2.45, 2.75) is 45.2 Å². The lowest BCUT2D eigenvalue weighted by atomic mass is 10.0. The van der Waals surface area contributed by atoms with Gasteiger partial charge in [0.25, 0.3) is 5.91 Å². The van der Waals surface area contributed by atoms with Gasteiger partial charge in [-0.2, -0.15) is 0 Å². The molecule has 0 aliphatic carbocycles. The number of carbonyl (C=O) groups excluding carboxylic acids is 1. The maximum Gasteiger partial charge on any atom is 0.251 e. The van der Waals surface area contributed by atoms with Gasteiger partial charge >= 0.3 is 0 Å². The van der Waals surface area contributed by atoms with Crippen molar-refractivity contribution in [3.63, 3.8) is 0 Å². The highest BCUT2D eigenvalue weighted by Crippen LogP contribution is 2.14. The summed E-state index contributed by atoms with van der Waals surface area (Å²) in [6.45, 7) is 7.22. The van der Waals surface area contributed by atoms with Crippen molar-refractivity contribution in [3.8, 4) is 0 Å². The van der Waals surface area contributed by atoms with Gasteiger partial charge in [-0.3, -0.25) is 4.79 Å². The molecule has 0 radical (unpaired) electrons. The van der Waals surface area contributed by atoms with E-state index in [4.69, 9.17) is 5.73 Å². The highest BCUT2D eigenvalue weighted by Gasteiger charge is 2.22. The quantitative estimate of drug-likeness (QED) is 0.869. The van der Waals surface area contributed by atoms with Crippen molar-refractivity contribution < 1.29 is 4.79 Å². The van der Waals surface area contributed by atoms with Crippen LogP contribution in [0.4, 0.5) is 0 Å². The van der Waals surface area contributed by atoms with E-state index in [1.54, 1.807) is 0 Å². The molecule has 3 N–H and O–H groups in total. The van der Waals surface area contributed by atoms with E-state index in [-0.39, 0.29) is 5.91 Å². The number of nitrogens with zero attached hydrogens (tertiary/aromatic N) is 1. The van der Waals surface area contributed by atoms with Crippen LogP contribution >= 0.6 is 0 Å². The number of benzene rings is 1. The van der Waals surface area contributed by atoms with Crippen molar-refractivity contribution in [3.05, 3.63) is 35.4 Å². The Balaban J connectivity index is 1.84. The average Bonchev–Trinajstić information content (AvgIpc) is 2.49. The Morgan fingerprint density at radius 1 is 1.29 bits per heavy atom. The molecule has 4 heteroatoms. The number of nitrogens with one attached hydrogen (secondary N) is 1. The third-order valence-electron chi connectivity index (χ3n) is 4.24. The summed E-state index contributed by atoms with van der Waals surface area (Å²) in [7, 11) is 0. The zero-order valence-electron chi connectivity index (χ0n) is 13.1. The summed E-state index contributed by atoms with van der Waals surface area (Å²) >= 11 is 0. The van der Waals surface area contributed by atoms with Gasteiger partial charge < -0.3 is 16.0 Å². The molecular weight excluding hydrogens is 262 g/mol. The van der Waals surface area contributed by atoms with Gasteiger partial charge in [0.05, 0.1) is 0 Å². The summed E-state index contributed by atoms with van der Waals surface area (Å²) in [6, 6.07) is 8.66. The summed E-state index contributed by atoms with van der Waals surface area (Å²) < 4.78 is 0. The maximum absolute atomic E-state index is 12.2. The molecule has 1 aliphatic rings. The first-order valence-electron chi connectivity index (χ1n) is 7.94. The summed E-state index contributed by atoms with van der Waals surface area (Å²) in [5, 5.41) is 3.16. The predicted octanol–water partition coefficient (Wildman–Crippen LogP) is 1.79. The van der Waals surface area contributed by atoms with Crippen LogP contribution in [0, 0.1) is 0 Å². The molecular formula is C17H27N3O. The normalized spacial score (nSPS) is 17.1. The van der Waals surface area contributed by atoms with Gasteiger partial charge in [-0.25, -0.2) is 0 Å². The van der Waals surface area contributed by atoms with Gasteiger partial charge in [0.1, 0.15) is 0 Å². The first-order valence-corrected chi connectivity index (χ1v) is 7.94. The number of likely N-dealkylation sites (tertiary alicyclic amines) is 1. The number of carbonyl (C=O) groups is 1. The van der Waals surface area contributed by atoms with E-state index in [1.807, 2.05) is 24.3 Å². The van der Waals surface area contributed by atoms with Crippen LogP contribution in [-0.4, -0.2) is 42.5 Å². The van der Waals surface area contributed by atoms with Gasteiger partial charge in [0, 0.05) is 30.7 Å². The smallest absolute Gasteiger partial charge is 0.251 e. The highest BCUT2D eigenvalue weighted by molar-refractivity contribution is 5.94. The molecule has 0 spiro atoms. The van der Waals surface area contributed by atoms with E-state index >= 15 is 0 Å². The fraction of sp³-hybridized carbons (Fsp3) is 0.588. The molecule has 0 atom stereocenters. The van der Waals surface area contributed by atoms with Crippen molar-refractivity contribution in [1.29, 1.82) is 0 Å². The monoisotopic (exact) mass is 289 g/mol. The summed E-state index contributed by atoms with van der Waals surface area (Å²) in [6.07, 6.45) is 2.93. The Hall–Kier alpha value is -1.39. The first kappa shape index (κ1) is 16.0. The van der Waals surface area contributed by atoms with Crippen LogP contribution in [0.2, 0.25) is 0 Å². The van der Waals surface area contributed by atoms with Gasteiger partial charge in [-0.05, 0) is 57.4 Å². The molecule has 0 unspecified atom stereocenters. The molecule has 1 aromatic rings. The SMILES string of the molecule is CC(C)N1CCC(NC(=O)c2ccc(CCN)cc2)CC1. The minimum atomic E-state index is 0.0392. The number of piperidine rings is 1. The topological polar surface area (TPSA) is 58.4 Å². The Morgan fingerprint density at radius 3 is 2.43 bits per heavy atom. The Labute approximate surface area is 127 Å². The van der Waals surface area contributed by atoms with Crippen LogP contribution in [0.3, 0.4) is 0 Å². The number of hydrogen-bond donors (Lipinski definition) is 2. The average molecular weight is 289 g/mol. The van der Waals surface area contributed by atoms with Crippen LogP contribution < -0.4 is 11.1 Å². The van der Waals surface area contributed by atoms with E-state index in [0.717, 1.165) is 37.9 Å². The molecule has 1 heterocycles. The summed E-state index contributed by atoms with van der Waals surface area (Å²) in [4.78, 5) is 14.7. The first-order chi connectivity index (χ1) is 10.1. The van der Waals surface area contributed by atoms with E-state index in [9.17, 15) is 4.79 Å². The van der Waals surface area contributed by atoms with Crippen molar-refractivity contribution in [1.82, 2.24) is 10.2 Å².